The number of Topliss-reactive ketones (excluding diaryl/α,β-unsaturated/α-hetero) is 1. The van der Waals surface area contributed by atoms with E-state index in [9.17, 15) is 14.9 Å². The summed E-state index contributed by atoms with van der Waals surface area (Å²) < 4.78 is 0. The van der Waals surface area contributed by atoms with Gasteiger partial charge >= 0.3 is 0 Å². The number of nitro groups is 1. The van der Waals surface area contributed by atoms with Crippen molar-refractivity contribution < 1.29 is 9.72 Å². The van der Waals surface area contributed by atoms with Gasteiger partial charge in [0.1, 0.15) is 5.78 Å². The predicted octanol–water partition coefficient (Wildman–Crippen LogP) is 2.66. The van der Waals surface area contributed by atoms with E-state index in [4.69, 9.17) is 0 Å². The van der Waals surface area contributed by atoms with Crippen molar-refractivity contribution in [3.8, 4) is 0 Å². The van der Waals surface area contributed by atoms with Crippen LogP contribution in [0.2, 0.25) is 0 Å². The highest BCUT2D eigenvalue weighted by atomic mass is 16.6. The molecule has 2 atom stereocenters. The molecule has 0 saturated heterocycles. The number of rotatable bonds is 6. The van der Waals surface area contributed by atoms with Crippen LogP contribution < -0.4 is 0 Å². The molecule has 0 N–H and O–H groups in total. The van der Waals surface area contributed by atoms with Gasteiger partial charge in [0.05, 0.1) is 5.92 Å². The first kappa shape index (κ1) is 13.4. The molecule has 92 valence electrons. The zero-order valence-corrected chi connectivity index (χ0v) is 10.1. The first-order chi connectivity index (χ1) is 8.06. The highest BCUT2D eigenvalue weighted by molar-refractivity contribution is 5.79. The normalized spacial score (nSPS) is 14.0. The minimum atomic E-state index is -0.344. The quantitative estimate of drug-likeness (QED) is 0.562. The highest BCUT2D eigenvalue weighted by Gasteiger charge is 2.29. The topological polar surface area (TPSA) is 60.2 Å². The molecule has 0 saturated carbocycles. The Bertz CT molecular complexity index is 389. The Hall–Kier alpha value is -1.71. The standard InChI is InChI=1S/C13H17NO3/c1-3-12(10(2)15)13(9-14(16)17)11-7-5-4-6-8-11/h4-8,12-13H,3,9H2,1-2H3/t12-,13+/m0/s1. The summed E-state index contributed by atoms with van der Waals surface area (Å²) in [5, 5.41) is 10.7. The molecule has 0 fully saturated rings. The summed E-state index contributed by atoms with van der Waals surface area (Å²) >= 11 is 0. The van der Waals surface area contributed by atoms with Gasteiger partial charge in [0.25, 0.3) is 0 Å². The minimum Gasteiger partial charge on any atom is -0.300 e. The predicted molar refractivity (Wildman–Crippen MR) is 65.5 cm³/mol. The van der Waals surface area contributed by atoms with E-state index in [-0.39, 0.29) is 29.1 Å². The summed E-state index contributed by atoms with van der Waals surface area (Å²) in [4.78, 5) is 21.9. The van der Waals surface area contributed by atoms with Crippen LogP contribution in [0.3, 0.4) is 0 Å². The van der Waals surface area contributed by atoms with Crippen LogP contribution in [0.25, 0.3) is 0 Å². The van der Waals surface area contributed by atoms with Crippen LogP contribution in [0.1, 0.15) is 31.7 Å². The Morgan fingerprint density at radius 3 is 2.35 bits per heavy atom. The van der Waals surface area contributed by atoms with Crippen molar-refractivity contribution in [1.29, 1.82) is 0 Å². The molecular weight excluding hydrogens is 218 g/mol. The second kappa shape index (κ2) is 6.13. The van der Waals surface area contributed by atoms with Crippen molar-refractivity contribution in [2.75, 3.05) is 6.54 Å². The van der Waals surface area contributed by atoms with Gasteiger partial charge in [-0.05, 0) is 18.9 Å². The molecule has 4 nitrogen and oxygen atoms in total. The molecule has 0 aliphatic rings. The molecule has 17 heavy (non-hydrogen) atoms. The van der Waals surface area contributed by atoms with Gasteiger partial charge < -0.3 is 0 Å². The van der Waals surface area contributed by atoms with Crippen LogP contribution in [-0.2, 0) is 4.79 Å². The Kier molecular flexibility index (Phi) is 4.82. The average Bonchev–Trinajstić information content (AvgIpc) is 2.29. The van der Waals surface area contributed by atoms with Crippen LogP contribution in [0, 0.1) is 16.0 Å². The number of carbonyl (C=O) groups excluding carboxylic acids is 1. The Balaban J connectivity index is 3.02. The maximum atomic E-state index is 11.5. The summed E-state index contributed by atoms with van der Waals surface area (Å²) in [7, 11) is 0. The number of hydrogen-bond acceptors (Lipinski definition) is 3. The van der Waals surface area contributed by atoms with E-state index in [1.54, 1.807) is 0 Å². The monoisotopic (exact) mass is 235 g/mol. The fourth-order valence-electron chi connectivity index (χ4n) is 2.18. The first-order valence-electron chi connectivity index (χ1n) is 5.73. The van der Waals surface area contributed by atoms with Crippen molar-refractivity contribution in [2.24, 2.45) is 5.92 Å². The molecule has 0 amide bonds. The fourth-order valence-corrected chi connectivity index (χ4v) is 2.18. The molecule has 1 rings (SSSR count). The smallest absolute Gasteiger partial charge is 0.211 e. The minimum absolute atomic E-state index is 0.0169. The molecule has 0 spiro atoms. The summed E-state index contributed by atoms with van der Waals surface area (Å²) in [6, 6.07) is 9.24. The lowest BCUT2D eigenvalue weighted by molar-refractivity contribution is -0.484. The van der Waals surface area contributed by atoms with Crippen LogP contribution in [0.15, 0.2) is 30.3 Å². The van der Waals surface area contributed by atoms with E-state index in [2.05, 4.69) is 0 Å². The van der Waals surface area contributed by atoms with Gasteiger partial charge in [-0.2, -0.15) is 0 Å². The molecule has 0 aliphatic carbocycles. The molecular formula is C13H17NO3. The number of hydrogen-bond donors (Lipinski definition) is 0. The van der Waals surface area contributed by atoms with Crippen molar-refractivity contribution in [3.05, 3.63) is 46.0 Å². The fraction of sp³-hybridized carbons (Fsp3) is 0.462. The van der Waals surface area contributed by atoms with E-state index in [0.29, 0.717) is 6.42 Å². The molecule has 1 aromatic rings. The van der Waals surface area contributed by atoms with Gasteiger partial charge in [0.2, 0.25) is 6.54 Å². The summed E-state index contributed by atoms with van der Waals surface area (Å²) in [5.74, 6) is -0.584. The zero-order valence-electron chi connectivity index (χ0n) is 10.1. The second-order valence-corrected chi connectivity index (χ2v) is 4.16. The lowest BCUT2D eigenvalue weighted by Crippen LogP contribution is -2.25. The largest absolute Gasteiger partial charge is 0.300 e. The SMILES string of the molecule is CC[C@@H](C(C)=O)[C@H](C[N+](=O)[O-])c1ccccc1. The summed E-state index contributed by atoms with van der Waals surface area (Å²) in [5.41, 5.74) is 0.867. The number of ketones is 1. The van der Waals surface area contributed by atoms with Gasteiger partial charge in [0, 0.05) is 10.8 Å². The Labute approximate surface area is 101 Å². The van der Waals surface area contributed by atoms with E-state index in [1.807, 2.05) is 37.3 Å². The van der Waals surface area contributed by atoms with Crippen LogP contribution >= 0.6 is 0 Å². The molecule has 0 heterocycles. The number of carbonyl (C=O) groups is 1. The third-order valence-corrected chi connectivity index (χ3v) is 3.02. The molecule has 0 aliphatic heterocycles. The van der Waals surface area contributed by atoms with Gasteiger partial charge in [-0.1, -0.05) is 37.3 Å². The average molecular weight is 235 g/mol. The third kappa shape index (κ3) is 3.66. The van der Waals surface area contributed by atoms with Crippen molar-refractivity contribution >= 4 is 5.78 Å². The Morgan fingerprint density at radius 1 is 1.35 bits per heavy atom. The molecule has 0 radical (unpaired) electrons. The van der Waals surface area contributed by atoms with E-state index in [1.165, 1.54) is 6.92 Å². The van der Waals surface area contributed by atoms with Gasteiger partial charge in [-0.25, -0.2) is 0 Å². The maximum Gasteiger partial charge on any atom is 0.211 e. The zero-order chi connectivity index (χ0) is 12.8. The third-order valence-electron chi connectivity index (χ3n) is 3.02. The Morgan fingerprint density at radius 2 is 1.94 bits per heavy atom. The van der Waals surface area contributed by atoms with E-state index in [0.717, 1.165) is 5.56 Å². The van der Waals surface area contributed by atoms with Gasteiger partial charge in [-0.15, -0.1) is 0 Å². The van der Waals surface area contributed by atoms with Crippen molar-refractivity contribution in [2.45, 2.75) is 26.2 Å². The molecule has 0 aromatic heterocycles. The lowest BCUT2D eigenvalue weighted by atomic mass is 9.82. The van der Waals surface area contributed by atoms with Crippen LogP contribution in [0.4, 0.5) is 0 Å². The highest BCUT2D eigenvalue weighted by Crippen LogP contribution is 2.28. The summed E-state index contributed by atoms with van der Waals surface area (Å²) in [6.07, 6.45) is 0.628. The van der Waals surface area contributed by atoms with Crippen LogP contribution in [0.5, 0.6) is 0 Å². The van der Waals surface area contributed by atoms with E-state index < -0.39 is 0 Å². The van der Waals surface area contributed by atoms with Crippen LogP contribution in [-0.4, -0.2) is 17.3 Å². The molecule has 1 aromatic carbocycles. The maximum absolute atomic E-state index is 11.5. The molecule has 0 bridgehead atoms. The van der Waals surface area contributed by atoms with Crippen molar-refractivity contribution in [1.82, 2.24) is 0 Å². The first-order valence-corrected chi connectivity index (χ1v) is 5.73. The van der Waals surface area contributed by atoms with Gasteiger partial charge in [-0.3, -0.25) is 14.9 Å². The molecule has 4 heteroatoms. The number of nitrogens with zero attached hydrogens (tertiary/aromatic N) is 1. The van der Waals surface area contributed by atoms with Crippen molar-refractivity contribution in [3.63, 3.8) is 0 Å². The second-order valence-electron chi connectivity index (χ2n) is 4.16. The van der Waals surface area contributed by atoms with Gasteiger partial charge in [0.15, 0.2) is 0 Å². The lowest BCUT2D eigenvalue weighted by Gasteiger charge is -2.21. The van der Waals surface area contributed by atoms with E-state index >= 15 is 0 Å². The molecule has 0 unspecified atom stereocenters. The number of benzene rings is 1. The summed E-state index contributed by atoms with van der Waals surface area (Å²) in [6.45, 7) is 3.20.